The van der Waals surface area contributed by atoms with Gasteiger partial charge in [-0.05, 0) is 19.4 Å². The molecule has 0 saturated carbocycles. The molecule has 0 saturated heterocycles. The van der Waals surface area contributed by atoms with Crippen LogP contribution in [0.2, 0.25) is 0 Å². The average molecular weight is 132 g/mol. The molecule has 0 spiro atoms. The molecule has 0 radical (unpaired) electrons. The van der Waals surface area contributed by atoms with Gasteiger partial charge in [0.25, 0.3) is 0 Å². The van der Waals surface area contributed by atoms with Crippen LogP contribution in [0.4, 0.5) is 0 Å². The van der Waals surface area contributed by atoms with Crippen molar-refractivity contribution in [3.8, 4) is 0 Å². The zero-order valence-electron chi connectivity index (χ0n) is 5.16. The summed E-state index contributed by atoms with van der Waals surface area (Å²) >= 11 is 5.37. The monoisotopic (exact) mass is 131 g/mol. The minimum atomic E-state index is 0.502. The van der Waals surface area contributed by atoms with Gasteiger partial charge >= 0.3 is 0 Å². The second kappa shape index (κ2) is 3.67. The summed E-state index contributed by atoms with van der Waals surface area (Å²) in [5.41, 5.74) is 1.55. The molecule has 0 aliphatic carbocycles. The first-order valence-electron chi connectivity index (χ1n) is 2.46. The highest BCUT2D eigenvalue weighted by atomic mass is 35.5. The van der Waals surface area contributed by atoms with Gasteiger partial charge in [-0.15, -0.1) is 11.6 Å². The maximum Gasteiger partial charge on any atom is 0.0410 e. The van der Waals surface area contributed by atoms with E-state index in [1.807, 2.05) is 13.0 Å². The van der Waals surface area contributed by atoms with E-state index in [0.717, 1.165) is 5.57 Å². The van der Waals surface area contributed by atoms with Crippen LogP contribution in [-0.2, 0) is 0 Å². The lowest BCUT2D eigenvalue weighted by atomic mass is 10.2. The summed E-state index contributed by atoms with van der Waals surface area (Å²) in [6, 6.07) is 0. The summed E-state index contributed by atoms with van der Waals surface area (Å²) in [6.45, 7) is 3.63. The highest BCUT2D eigenvalue weighted by Crippen LogP contribution is 1.93. The van der Waals surface area contributed by atoms with Gasteiger partial charge in [-0.3, -0.25) is 0 Å². The number of alkyl halides is 1. The molecule has 0 atom stereocenters. The molecule has 2 heteroatoms. The molecule has 8 heavy (non-hydrogen) atoms. The van der Waals surface area contributed by atoms with Gasteiger partial charge in [-0.1, -0.05) is 6.08 Å². The maximum atomic E-state index is 7.08. The number of halogens is 1. The SMILES string of the molecule is CC(=N)C(C)=CCCl. The van der Waals surface area contributed by atoms with E-state index in [9.17, 15) is 0 Å². The van der Waals surface area contributed by atoms with Crippen LogP contribution in [0, 0.1) is 5.41 Å². The van der Waals surface area contributed by atoms with Gasteiger partial charge in [-0.2, -0.15) is 0 Å². The highest BCUT2D eigenvalue weighted by molar-refractivity contribution is 6.19. The van der Waals surface area contributed by atoms with Crippen LogP contribution < -0.4 is 0 Å². The number of allylic oxidation sites excluding steroid dienone is 2. The van der Waals surface area contributed by atoms with E-state index in [4.69, 9.17) is 17.0 Å². The molecule has 0 amide bonds. The molecule has 0 aromatic heterocycles. The molecule has 0 fully saturated rings. The molecule has 0 heterocycles. The first-order valence-corrected chi connectivity index (χ1v) is 3.00. The Morgan fingerprint density at radius 3 is 2.25 bits per heavy atom. The van der Waals surface area contributed by atoms with Gasteiger partial charge < -0.3 is 5.41 Å². The smallest absolute Gasteiger partial charge is 0.0410 e. The first kappa shape index (κ1) is 7.70. The lowest BCUT2D eigenvalue weighted by Gasteiger charge is -1.91. The fraction of sp³-hybridized carbons (Fsp3) is 0.500. The lowest BCUT2D eigenvalue weighted by Crippen LogP contribution is -1.89. The summed E-state index contributed by atoms with van der Waals surface area (Å²) in [7, 11) is 0. The highest BCUT2D eigenvalue weighted by Gasteiger charge is 1.86. The van der Waals surface area contributed by atoms with Gasteiger partial charge in [0.05, 0.1) is 0 Å². The fourth-order valence-electron chi connectivity index (χ4n) is 0.269. The Morgan fingerprint density at radius 2 is 2.12 bits per heavy atom. The molecule has 1 nitrogen and oxygen atoms in total. The van der Waals surface area contributed by atoms with E-state index in [-0.39, 0.29) is 0 Å². The Morgan fingerprint density at radius 1 is 1.62 bits per heavy atom. The number of hydrogen-bond acceptors (Lipinski definition) is 1. The standard InChI is InChI=1S/C6H10ClN/c1-5(3-4-7)6(2)8/h3,8H,4H2,1-2H3. The van der Waals surface area contributed by atoms with Crippen molar-refractivity contribution in [1.29, 1.82) is 5.41 Å². The van der Waals surface area contributed by atoms with Gasteiger partial charge in [0.15, 0.2) is 0 Å². The summed E-state index contributed by atoms with van der Waals surface area (Å²) in [5.74, 6) is 0.502. The minimum absolute atomic E-state index is 0.502. The van der Waals surface area contributed by atoms with E-state index in [2.05, 4.69) is 0 Å². The normalized spacial score (nSPS) is 11.6. The van der Waals surface area contributed by atoms with E-state index in [1.165, 1.54) is 0 Å². The molecule has 0 unspecified atom stereocenters. The Labute approximate surface area is 54.9 Å². The van der Waals surface area contributed by atoms with Crippen LogP contribution in [0.5, 0.6) is 0 Å². The molecule has 0 aromatic carbocycles. The van der Waals surface area contributed by atoms with Crippen LogP contribution in [0.3, 0.4) is 0 Å². The summed E-state index contributed by atoms with van der Waals surface area (Å²) in [4.78, 5) is 0. The topological polar surface area (TPSA) is 23.9 Å². The van der Waals surface area contributed by atoms with Crippen molar-refractivity contribution in [2.75, 3.05) is 5.88 Å². The molecule has 0 bridgehead atoms. The summed E-state index contributed by atoms with van der Waals surface area (Å²) < 4.78 is 0. The summed E-state index contributed by atoms with van der Waals surface area (Å²) in [6.07, 6.45) is 1.82. The van der Waals surface area contributed by atoms with Gasteiger partial charge in [0, 0.05) is 11.6 Å². The van der Waals surface area contributed by atoms with Crippen molar-refractivity contribution in [3.63, 3.8) is 0 Å². The molecule has 0 aromatic rings. The largest absolute Gasteiger partial charge is 0.305 e. The minimum Gasteiger partial charge on any atom is -0.305 e. The van der Waals surface area contributed by atoms with Crippen molar-refractivity contribution in [3.05, 3.63) is 11.6 Å². The third-order valence-electron chi connectivity index (χ3n) is 0.975. The van der Waals surface area contributed by atoms with Crippen molar-refractivity contribution in [2.45, 2.75) is 13.8 Å². The second-order valence-corrected chi connectivity index (χ2v) is 1.98. The van der Waals surface area contributed by atoms with Crippen molar-refractivity contribution in [1.82, 2.24) is 0 Å². The average Bonchev–Trinajstić information content (AvgIpc) is 1.67. The Bertz CT molecular complexity index is 116. The third kappa shape index (κ3) is 2.80. The molecular weight excluding hydrogens is 122 g/mol. The Hall–Kier alpha value is -0.300. The second-order valence-electron chi connectivity index (χ2n) is 1.67. The van der Waals surface area contributed by atoms with Crippen LogP contribution in [0.25, 0.3) is 0 Å². The lowest BCUT2D eigenvalue weighted by molar-refractivity contribution is 1.41. The molecule has 0 aliphatic heterocycles. The van der Waals surface area contributed by atoms with Crippen LogP contribution in [-0.4, -0.2) is 11.6 Å². The predicted octanol–water partition coefficient (Wildman–Crippen LogP) is 2.21. The van der Waals surface area contributed by atoms with Crippen LogP contribution in [0.1, 0.15) is 13.8 Å². The zero-order valence-corrected chi connectivity index (χ0v) is 5.92. The third-order valence-corrected chi connectivity index (χ3v) is 1.13. The van der Waals surface area contributed by atoms with E-state index in [0.29, 0.717) is 11.6 Å². The maximum absolute atomic E-state index is 7.08. The number of nitrogens with one attached hydrogen (secondary N) is 1. The van der Waals surface area contributed by atoms with E-state index in [1.54, 1.807) is 6.92 Å². The van der Waals surface area contributed by atoms with Gasteiger partial charge in [0.2, 0.25) is 0 Å². The van der Waals surface area contributed by atoms with E-state index >= 15 is 0 Å². The molecule has 0 rings (SSSR count). The van der Waals surface area contributed by atoms with Crippen LogP contribution >= 0.6 is 11.6 Å². The van der Waals surface area contributed by atoms with Gasteiger partial charge in [0.1, 0.15) is 0 Å². The molecule has 1 N–H and O–H groups in total. The summed E-state index contributed by atoms with van der Waals surface area (Å²) in [5, 5.41) is 7.08. The molecule has 46 valence electrons. The first-order chi connectivity index (χ1) is 3.68. The van der Waals surface area contributed by atoms with Crippen molar-refractivity contribution >= 4 is 17.3 Å². The van der Waals surface area contributed by atoms with E-state index < -0.39 is 0 Å². The van der Waals surface area contributed by atoms with Crippen molar-refractivity contribution < 1.29 is 0 Å². The quantitative estimate of drug-likeness (QED) is 0.439. The Kier molecular flexibility index (Phi) is 3.53. The number of rotatable bonds is 2. The van der Waals surface area contributed by atoms with Crippen molar-refractivity contribution in [2.24, 2.45) is 0 Å². The Balaban J connectivity index is 3.80. The van der Waals surface area contributed by atoms with Crippen LogP contribution in [0.15, 0.2) is 11.6 Å². The molecule has 0 aliphatic rings. The fourth-order valence-corrected chi connectivity index (χ4v) is 0.500. The number of hydrogen-bond donors (Lipinski definition) is 1. The molecular formula is C6H10ClN. The zero-order chi connectivity index (χ0) is 6.57. The van der Waals surface area contributed by atoms with Gasteiger partial charge in [-0.25, -0.2) is 0 Å². The predicted molar refractivity (Wildman–Crippen MR) is 37.9 cm³/mol.